The van der Waals surface area contributed by atoms with Gasteiger partial charge in [0, 0.05) is 25.4 Å². The number of rotatable bonds is 5. The summed E-state index contributed by atoms with van der Waals surface area (Å²) in [6.45, 7) is 1.86. The maximum atomic E-state index is 14.6. The Bertz CT molecular complexity index is 1320. The van der Waals surface area contributed by atoms with Crippen molar-refractivity contribution in [1.29, 1.82) is 0 Å². The molecule has 1 aromatic carbocycles. The normalized spacial score (nSPS) is 14.8. The average Bonchev–Trinajstić information content (AvgIpc) is 2.82. The molecule has 0 aliphatic carbocycles. The highest BCUT2D eigenvalue weighted by atomic mass is 19.4. The number of halogens is 5. The number of benzene rings is 1. The summed E-state index contributed by atoms with van der Waals surface area (Å²) in [6.07, 6.45) is -3.14. The van der Waals surface area contributed by atoms with Crippen LogP contribution in [0.15, 0.2) is 35.3 Å². The lowest BCUT2D eigenvalue weighted by molar-refractivity contribution is -0.141. The summed E-state index contributed by atoms with van der Waals surface area (Å²) in [6, 6.07) is 3.40. The van der Waals surface area contributed by atoms with E-state index >= 15 is 0 Å². The molecule has 0 fully saturated rings. The Morgan fingerprint density at radius 3 is 2.60 bits per heavy atom. The van der Waals surface area contributed by atoms with E-state index < -0.39 is 40.7 Å². The Hall–Kier alpha value is -3.90. The van der Waals surface area contributed by atoms with Crippen molar-refractivity contribution in [3.05, 3.63) is 63.8 Å². The maximum Gasteiger partial charge on any atom is 0.433 e. The molecule has 0 spiro atoms. The van der Waals surface area contributed by atoms with Crippen LogP contribution in [0, 0.1) is 11.6 Å². The fraction of sp³-hybridized carbons (Fsp3) is 0.318. The monoisotopic (exact) mass is 496 g/mol. The standard InChI is InChI=1S/C22H17F5N4O4/c23-14-8-12(9-15(24)17(14)35-13-2-3-28-16(10-13)22(25,26)27)11-34-19-18-20-30(6-7-33-18)4-1-5-31(20)21(32)29-19/h2-3,8-10H,1,4-7,11H2. The minimum absolute atomic E-state index is 0.0394. The Morgan fingerprint density at radius 2 is 1.86 bits per heavy atom. The number of alkyl halides is 3. The Labute approximate surface area is 194 Å². The molecule has 13 heteroatoms. The number of anilines is 1. The van der Waals surface area contributed by atoms with E-state index in [1.807, 2.05) is 4.90 Å². The first-order valence-electron chi connectivity index (χ1n) is 10.5. The van der Waals surface area contributed by atoms with Crippen LogP contribution in [-0.4, -0.2) is 34.2 Å². The van der Waals surface area contributed by atoms with Crippen molar-refractivity contribution in [2.24, 2.45) is 0 Å². The summed E-state index contributed by atoms with van der Waals surface area (Å²) in [7, 11) is 0. The highest BCUT2D eigenvalue weighted by molar-refractivity contribution is 5.60. The molecule has 3 aromatic rings. The Kier molecular flexibility index (Phi) is 5.69. The van der Waals surface area contributed by atoms with Crippen LogP contribution in [0.2, 0.25) is 0 Å². The van der Waals surface area contributed by atoms with E-state index in [9.17, 15) is 26.7 Å². The van der Waals surface area contributed by atoms with Crippen molar-refractivity contribution in [2.45, 2.75) is 25.7 Å². The Balaban J connectivity index is 1.37. The van der Waals surface area contributed by atoms with Crippen LogP contribution in [0.25, 0.3) is 0 Å². The van der Waals surface area contributed by atoms with Crippen LogP contribution in [-0.2, 0) is 19.3 Å². The summed E-state index contributed by atoms with van der Waals surface area (Å²) >= 11 is 0. The van der Waals surface area contributed by atoms with Gasteiger partial charge < -0.3 is 19.1 Å². The molecule has 184 valence electrons. The summed E-state index contributed by atoms with van der Waals surface area (Å²) in [5.74, 6) is -2.87. The lowest BCUT2D eigenvalue weighted by Gasteiger charge is -2.36. The van der Waals surface area contributed by atoms with Crippen LogP contribution in [0.5, 0.6) is 23.1 Å². The van der Waals surface area contributed by atoms with Crippen LogP contribution >= 0.6 is 0 Å². The zero-order chi connectivity index (χ0) is 24.7. The highest BCUT2D eigenvalue weighted by Crippen LogP contribution is 2.39. The van der Waals surface area contributed by atoms with Gasteiger partial charge in [0.2, 0.25) is 5.75 Å². The molecule has 0 amide bonds. The average molecular weight is 496 g/mol. The van der Waals surface area contributed by atoms with E-state index in [4.69, 9.17) is 14.2 Å². The molecule has 35 heavy (non-hydrogen) atoms. The SMILES string of the molecule is O=c1nc(OCc2cc(F)c(Oc3ccnc(C(F)(F)F)c3)c(F)c2)c2c3n1CCCN3CCO2. The molecule has 4 heterocycles. The number of aromatic nitrogens is 3. The Morgan fingerprint density at radius 1 is 1.09 bits per heavy atom. The molecule has 0 radical (unpaired) electrons. The lowest BCUT2D eigenvalue weighted by Crippen LogP contribution is -2.43. The molecule has 0 atom stereocenters. The second-order valence-electron chi connectivity index (χ2n) is 7.85. The van der Waals surface area contributed by atoms with E-state index in [0.717, 1.165) is 37.4 Å². The first kappa shape index (κ1) is 22.9. The molecule has 0 bridgehead atoms. The van der Waals surface area contributed by atoms with Gasteiger partial charge in [-0.1, -0.05) is 0 Å². The predicted octanol–water partition coefficient (Wildman–Crippen LogP) is 3.91. The van der Waals surface area contributed by atoms with Crippen molar-refractivity contribution in [3.63, 3.8) is 0 Å². The third-order valence-electron chi connectivity index (χ3n) is 5.47. The quantitative estimate of drug-likeness (QED) is 0.496. The lowest BCUT2D eigenvalue weighted by atomic mass is 10.2. The van der Waals surface area contributed by atoms with E-state index in [1.54, 1.807) is 0 Å². The molecule has 5 rings (SSSR count). The van der Waals surface area contributed by atoms with Crippen molar-refractivity contribution in [2.75, 3.05) is 24.6 Å². The molecule has 0 unspecified atom stereocenters. The van der Waals surface area contributed by atoms with Gasteiger partial charge in [-0.25, -0.2) is 13.6 Å². The molecule has 0 N–H and O–H groups in total. The van der Waals surface area contributed by atoms with Crippen molar-refractivity contribution < 1.29 is 36.2 Å². The van der Waals surface area contributed by atoms with Gasteiger partial charge in [0.25, 0.3) is 5.88 Å². The fourth-order valence-corrected chi connectivity index (χ4v) is 3.94. The second kappa shape index (κ2) is 8.71. The zero-order valence-corrected chi connectivity index (χ0v) is 17.9. The molecule has 2 aliphatic heterocycles. The van der Waals surface area contributed by atoms with E-state index in [-0.39, 0.29) is 23.8 Å². The minimum Gasteiger partial charge on any atom is -0.483 e. The summed E-state index contributed by atoms with van der Waals surface area (Å²) in [5, 5.41) is 0. The number of hydrogen-bond acceptors (Lipinski definition) is 7. The molecule has 0 saturated heterocycles. The van der Waals surface area contributed by atoms with Gasteiger partial charge in [-0.3, -0.25) is 9.55 Å². The molecule has 0 saturated carbocycles. The second-order valence-corrected chi connectivity index (χ2v) is 7.85. The predicted molar refractivity (Wildman–Crippen MR) is 111 cm³/mol. The number of hydrogen-bond donors (Lipinski definition) is 0. The van der Waals surface area contributed by atoms with Crippen LogP contribution in [0.1, 0.15) is 17.7 Å². The first-order valence-corrected chi connectivity index (χ1v) is 10.5. The summed E-state index contributed by atoms with van der Waals surface area (Å²) in [4.78, 5) is 21.5. The maximum absolute atomic E-state index is 14.6. The molecule has 2 aliphatic rings. The van der Waals surface area contributed by atoms with Crippen LogP contribution < -0.4 is 24.8 Å². The van der Waals surface area contributed by atoms with Crippen molar-refractivity contribution in [3.8, 4) is 23.1 Å². The summed E-state index contributed by atoms with van der Waals surface area (Å²) < 4.78 is 85.4. The topological polar surface area (TPSA) is 78.7 Å². The van der Waals surface area contributed by atoms with Gasteiger partial charge in [-0.15, -0.1) is 0 Å². The molecular formula is C22H17F5N4O4. The van der Waals surface area contributed by atoms with Gasteiger partial charge in [0.15, 0.2) is 23.2 Å². The van der Waals surface area contributed by atoms with Crippen molar-refractivity contribution in [1.82, 2.24) is 14.5 Å². The van der Waals surface area contributed by atoms with Gasteiger partial charge in [-0.2, -0.15) is 18.2 Å². The number of nitrogens with zero attached hydrogens (tertiary/aromatic N) is 4. The third kappa shape index (κ3) is 4.45. The van der Waals surface area contributed by atoms with E-state index in [0.29, 0.717) is 31.6 Å². The van der Waals surface area contributed by atoms with Gasteiger partial charge in [-0.05, 0) is 30.2 Å². The van der Waals surface area contributed by atoms with Crippen LogP contribution in [0.3, 0.4) is 0 Å². The largest absolute Gasteiger partial charge is 0.483 e. The van der Waals surface area contributed by atoms with Crippen molar-refractivity contribution >= 4 is 5.82 Å². The van der Waals surface area contributed by atoms with Gasteiger partial charge in [0.1, 0.15) is 24.7 Å². The number of ether oxygens (including phenoxy) is 3. The molecule has 8 nitrogen and oxygen atoms in total. The molecule has 2 aromatic heterocycles. The smallest absolute Gasteiger partial charge is 0.433 e. The van der Waals surface area contributed by atoms with E-state index in [2.05, 4.69) is 9.97 Å². The summed E-state index contributed by atoms with van der Waals surface area (Å²) in [5.41, 5.74) is -1.75. The first-order chi connectivity index (χ1) is 16.7. The van der Waals surface area contributed by atoms with E-state index in [1.165, 1.54) is 4.57 Å². The molecular weight excluding hydrogens is 479 g/mol. The highest BCUT2D eigenvalue weighted by Gasteiger charge is 2.33. The minimum atomic E-state index is -4.75. The van der Waals surface area contributed by atoms with Crippen LogP contribution in [0.4, 0.5) is 27.8 Å². The van der Waals surface area contributed by atoms with Gasteiger partial charge in [0.05, 0.1) is 6.54 Å². The zero-order valence-electron chi connectivity index (χ0n) is 17.9. The number of pyridine rings is 1. The fourth-order valence-electron chi connectivity index (χ4n) is 3.94. The van der Waals surface area contributed by atoms with Gasteiger partial charge >= 0.3 is 11.9 Å². The third-order valence-corrected chi connectivity index (χ3v) is 5.47.